The van der Waals surface area contributed by atoms with Gasteiger partial charge in [-0.05, 0) is 48.2 Å². The summed E-state index contributed by atoms with van der Waals surface area (Å²) in [4.78, 5) is 20.9. The van der Waals surface area contributed by atoms with Crippen LogP contribution in [0.4, 0.5) is 4.39 Å². The number of aryl methyl sites for hydroxylation is 2. The fourth-order valence-electron chi connectivity index (χ4n) is 2.68. The third-order valence-corrected chi connectivity index (χ3v) is 5.26. The summed E-state index contributed by atoms with van der Waals surface area (Å²) in [5.74, 6) is -0.725. The van der Waals surface area contributed by atoms with Crippen LogP contribution < -0.4 is 10.1 Å². The van der Waals surface area contributed by atoms with Crippen molar-refractivity contribution in [2.24, 2.45) is 0 Å². The third kappa shape index (κ3) is 5.48. The monoisotopic (exact) mass is 427 g/mol. The molecule has 1 aromatic heterocycles. The summed E-state index contributed by atoms with van der Waals surface area (Å²) in [7, 11) is -1.42. The number of nitrogens with zero attached hydrogens (tertiary/aromatic N) is 2. The molecule has 0 fully saturated rings. The van der Waals surface area contributed by atoms with Crippen LogP contribution in [-0.4, -0.2) is 26.3 Å². The second-order valence-electron chi connectivity index (χ2n) is 6.84. The maximum Gasteiger partial charge on any atom is 0.258 e. The summed E-state index contributed by atoms with van der Waals surface area (Å²) in [5.41, 5.74) is 4.11. The zero-order valence-electron chi connectivity index (χ0n) is 16.9. The average molecular weight is 428 g/mol. The van der Waals surface area contributed by atoms with Gasteiger partial charge in [-0.1, -0.05) is 30.3 Å². The van der Waals surface area contributed by atoms with Crippen molar-refractivity contribution in [3.63, 3.8) is 0 Å². The summed E-state index contributed by atoms with van der Waals surface area (Å²) >= 11 is 0. The van der Waals surface area contributed by atoms with Crippen molar-refractivity contribution in [2.75, 3.05) is 6.26 Å². The number of benzene rings is 2. The molecule has 0 bridgehead atoms. The molecule has 1 atom stereocenters. The molecule has 6 nitrogen and oxygen atoms in total. The maximum absolute atomic E-state index is 13.0. The van der Waals surface area contributed by atoms with E-state index < -0.39 is 16.7 Å². The van der Waals surface area contributed by atoms with Gasteiger partial charge in [0.1, 0.15) is 18.0 Å². The lowest BCUT2D eigenvalue weighted by molar-refractivity contribution is 0.0944. The molecule has 1 heterocycles. The average Bonchev–Trinajstić information content (AvgIpc) is 2.73. The van der Waals surface area contributed by atoms with Crippen LogP contribution in [0.1, 0.15) is 32.6 Å². The second-order valence-corrected chi connectivity index (χ2v) is 8.12. The van der Waals surface area contributed by atoms with Crippen LogP contribution in [0.25, 0.3) is 0 Å². The first kappa shape index (κ1) is 21.6. The summed E-state index contributed by atoms with van der Waals surface area (Å²) in [6.07, 6.45) is 2.76. The maximum atomic E-state index is 13.0. The van der Waals surface area contributed by atoms with E-state index in [0.29, 0.717) is 0 Å². The normalized spacial score (nSPS) is 11.7. The molecule has 0 spiro atoms. The number of ether oxygens (including phenoxy) is 1. The Bertz CT molecular complexity index is 1090. The first-order valence-corrected chi connectivity index (χ1v) is 10.8. The molecule has 3 rings (SSSR count). The van der Waals surface area contributed by atoms with Gasteiger partial charge in [-0.15, -0.1) is 0 Å². The number of amides is 1. The molecule has 0 aliphatic heterocycles. The van der Waals surface area contributed by atoms with E-state index in [1.54, 1.807) is 12.1 Å². The first-order valence-electron chi connectivity index (χ1n) is 9.25. The van der Waals surface area contributed by atoms with E-state index in [-0.39, 0.29) is 35.6 Å². The molecule has 30 heavy (non-hydrogen) atoms. The van der Waals surface area contributed by atoms with Crippen molar-refractivity contribution in [2.45, 2.75) is 32.2 Å². The third-order valence-electron chi connectivity index (χ3n) is 4.55. The van der Waals surface area contributed by atoms with Gasteiger partial charge in [-0.25, -0.2) is 9.37 Å². The van der Waals surface area contributed by atoms with Gasteiger partial charge in [0.15, 0.2) is 0 Å². The first-order chi connectivity index (χ1) is 14.3. The Balaban J connectivity index is 1.78. The van der Waals surface area contributed by atoms with E-state index in [2.05, 4.69) is 15.3 Å². The molecular weight excluding hydrogens is 405 g/mol. The Morgan fingerprint density at radius 3 is 2.47 bits per heavy atom. The molecule has 3 aromatic rings. The SMILES string of the molecule is Cc1ccc(COc2nc(S(C)=O)ncc2C(=O)NCc2ccc(F)cc2)cc1C. The van der Waals surface area contributed by atoms with Crippen molar-refractivity contribution in [1.82, 2.24) is 15.3 Å². The van der Waals surface area contributed by atoms with E-state index in [0.717, 1.165) is 16.7 Å². The lowest BCUT2D eigenvalue weighted by Gasteiger charge is -2.12. The number of halogens is 1. The van der Waals surface area contributed by atoms with E-state index in [4.69, 9.17) is 4.74 Å². The summed E-state index contributed by atoms with van der Waals surface area (Å²) in [6.45, 7) is 4.44. The zero-order chi connectivity index (χ0) is 21.7. The predicted octanol–water partition coefficient (Wildman–Crippen LogP) is 3.48. The van der Waals surface area contributed by atoms with Crippen LogP contribution in [0.2, 0.25) is 0 Å². The Morgan fingerprint density at radius 2 is 1.80 bits per heavy atom. The highest BCUT2D eigenvalue weighted by atomic mass is 32.2. The Hall–Kier alpha value is -3.13. The van der Waals surface area contributed by atoms with Crippen molar-refractivity contribution >= 4 is 16.7 Å². The molecule has 0 saturated heterocycles. The van der Waals surface area contributed by atoms with Crippen molar-refractivity contribution in [1.29, 1.82) is 0 Å². The lowest BCUT2D eigenvalue weighted by Crippen LogP contribution is -2.24. The molecular formula is C22H22FN3O3S. The van der Waals surface area contributed by atoms with Crippen LogP contribution in [0, 0.1) is 19.7 Å². The van der Waals surface area contributed by atoms with Gasteiger partial charge in [0, 0.05) is 19.0 Å². The lowest BCUT2D eigenvalue weighted by atomic mass is 10.1. The highest BCUT2D eigenvalue weighted by molar-refractivity contribution is 7.84. The second kappa shape index (κ2) is 9.58. The van der Waals surface area contributed by atoms with Crippen LogP contribution in [0.15, 0.2) is 53.8 Å². The van der Waals surface area contributed by atoms with E-state index in [9.17, 15) is 13.4 Å². The molecule has 2 aromatic carbocycles. The minimum atomic E-state index is -1.42. The summed E-state index contributed by atoms with van der Waals surface area (Å²) < 4.78 is 30.6. The number of hydrogen-bond donors (Lipinski definition) is 1. The molecule has 0 aliphatic carbocycles. The molecule has 156 valence electrons. The standard InChI is InChI=1S/C22H22FN3O3S/c1-14-4-5-17(10-15(14)2)13-29-21-19(12-25-22(26-21)30(3)28)20(27)24-11-16-6-8-18(23)9-7-16/h4-10,12H,11,13H2,1-3H3,(H,24,27). The number of carbonyl (C=O) groups excluding carboxylic acids is 1. The zero-order valence-corrected chi connectivity index (χ0v) is 17.8. The number of rotatable bonds is 7. The van der Waals surface area contributed by atoms with Gasteiger partial charge < -0.3 is 10.1 Å². The largest absolute Gasteiger partial charge is 0.472 e. The van der Waals surface area contributed by atoms with Gasteiger partial charge >= 0.3 is 0 Å². The van der Waals surface area contributed by atoms with Gasteiger partial charge in [0.25, 0.3) is 5.91 Å². The predicted molar refractivity (Wildman–Crippen MR) is 112 cm³/mol. The Morgan fingerprint density at radius 1 is 1.10 bits per heavy atom. The van der Waals surface area contributed by atoms with Crippen LogP contribution in [0.5, 0.6) is 5.88 Å². The fourth-order valence-corrected chi connectivity index (χ4v) is 3.09. The van der Waals surface area contributed by atoms with Crippen molar-refractivity contribution < 1.29 is 18.1 Å². The number of hydrogen-bond acceptors (Lipinski definition) is 5. The highest BCUT2D eigenvalue weighted by Crippen LogP contribution is 2.19. The van der Waals surface area contributed by atoms with Gasteiger partial charge in [-0.3, -0.25) is 9.00 Å². The van der Waals surface area contributed by atoms with Crippen molar-refractivity contribution in [3.05, 3.63) is 82.3 Å². The molecule has 0 aliphatic rings. The summed E-state index contributed by atoms with van der Waals surface area (Å²) in [6, 6.07) is 11.8. The number of aromatic nitrogens is 2. The summed E-state index contributed by atoms with van der Waals surface area (Å²) in [5, 5.41) is 2.82. The smallest absolute Gasteiger partial charge is 0.258 e. The minimum absolute atomic E-state index is 0.0602. The van der Waals surface area contributed by atoms with E-state index >= 15 is 0 Å². The topological polar surface area (TPSA) is 81.2 Å². The van der Waals surface area contributed by atoms with Crippen LogP contribution in [-0.2, 0) is 24.0 Å². The quantitative estimate of drug-likeness (QED) is 0.584. The fraction of sp³-hybridized carbons (Fsp3) is 0.227. The van der Waals surface area contributed by atoms with Crippen molar-refractivity contribution in [3.8, 4) is 5.88 Å². The number of nitrogens with one attached hydrogen (secondary N) is 1. The van der Waals surface area contributed by atoms with Crippen LogP contribution in [0.3, 0.4) is 0 Å². The molecule has 1 unspecified atom stereocenters. The van der Waals surface area contributed by atoms with E-state index in [1.165, 1.54) is 30.1 Å². The van der Waals surface area contributed by atoms with E-state index in [1.807, 2.05) is 32.0 Å². The van der Waals surface area contributed by atoms with Gasteiger partial charge in [0.2, 0.25) is 11.0 Å². The Kier molecular flexibility index (Phi) is 6.89. The molecule has 1 N–H and O–H groups in total. The molecule has 8 heteroatoms. The van der Waals surface area contributed by atoms with Gasteiger partial charge in [-0.2, -0.15) is 4.98 Å². The van der Waals surface area contributed by atoms with Gasteiger partial charge in [0.05, 0.1) is 10.8 Å². The molecule has 0 radical (unpaired) electrons. The molecule has 1 amide bonds. The Labute approximate surface area is 177 Å². The number of carbonyl (C=O) groups is 1. The minimum Gasteiger partial charge on any atom is -0.472 e. The van der Waals surface area contributed by atoms with Crippen LogP contribution >= 0.6 is 0 Å². The molecule has 0 saturated carbocycles. The highest BCUT2D eigenvalue weighted by Gasteiger charge is 2.18.